The second-order valence-corrected chi connectivity index (χ2v) is 7.68. The second-order valence-electron chi connectivity index (χ2n) is 7.68. The van der Waals surface area contributed by atoms with Crippen molar-refractivity contribution in [3.05, 3.63) is 89.0 Å². The number of benzene rings is 3. The fourth-order valence-corrected chi connectivity index (χ4v) is 4.15. The Labute approximate surface area is 192 Å². The van der Waals surface area contributed by atoms with Gasteiger partial charge in [-0.3, -0.25) is 4.79 Å². The first-order valence-electron chi connectivity index (χ1n) is 10.7. The zero-order valence-electron chi connectivity index (χ0n) is 18.3. The van der Waals surface area contributed by atoms with Gasteiger partial charge in [0.25, 0.3) is 0 Å². The van der Waals surface area contributed by atoms with Crippen LogP contribution in [0.1, 0.15) is 39.4 Å². The number of nitrogens with one attached hydrogen (secondary N) is 1. The van der Waals surface area contributed by atoms with Gasteiger partial charge >= 0.3 is 6.09 Å². The molecule has 0 heterocycles. The number of aromatic hydroxyl groups is 1. The molecule has 6 heteroatoms. The third-order valence-corrected chi connectivity index (χ3v) is 5.77. The molecular weight excluding hydrogens is 418 g/mol. The number of amides is 1. The van der Waals surface area contributed by atoms with Gasteiger partial charge < -0.3 is 19.9 Å². The van der Waals surface area contributed by atoms with E-state index in [9.17, 15) is 14.7 Å². The van der Waals surface area contributed by atoms with Gasteiger partial charge in [-0.25, -0.2) is 4.79 Å². The number of methoxy groups -OCH3 is 1. The average Bonchev–Trinajstić information content (AvgIpc) is 3.17. The van der Waals surface area contributed by atoms with Crippen molar-refractivity contribution >= 4 is 18.5 Å². The van der Waals surface area contributed by atoms with E-state index in [4.69, 9.17) is 9.47 Å². The Morgan fingerprint density at radius 2 is 1.70 bits per heavy atom. The fraction of sp³-hybridized carbons (Fsp3) is 0.185. The molecule has 0 bridgehead atoms. The highest BCUT2D eigenvalue weighted by molar-refractivity contribution is 5.85. The number of phenolic OH excluding ortho intramolecular Hbond substituents is 1. The van der Waals surface area contributed by atoms with E-state index in [1.54, 1.807) is 18.2 Å². The highest BCUT2D eigenvalue weighted by Crippen LogP contribution is 2.44. The number of alkyl carbamates (subject to hydrolysis) is 1. The Kier molecular flexibility index (Phi) is 6.74. The first-order chi connectivity index (χ1) is 16.1. The molecule has 1 aliphatic carbocycles. The van der Waals surface area contributed by atoms with Crippen molar-refractivity contribution in [1.82, 2.24) is 5.32 Å². The highest BCUT2D eigenvalue weighted by atomic mass is 16.5. The van der Waals surface area contributed by atoms with E-state index < -0.39 is 6.09 Å². The monoisotopic (exact) mass is 443 g/mol. The van der Waals surface area contributed by atoms with Crippen LogP contribution in [0.25, 0.3) is 17.2 Å². The summed E-state index contributed by atoms with van der Waals surface area (Å²) < 4.78 is 10.6. The number of ether oxygens (including phenoxy) is 2. The summed E-state index contributed by atoms with van der Waals surface area (Å²) in [7, 11) is 1.45. The lowest BCUT2D eigenvalue weighted by atomic mass is 9.98. The van der Waals surface area contributed by atoms with E-state index in [1.807, 2.05) is 24.3 Å². The van der Waals surface area contributed by atoms with Gasteiger partial charge in [0.2, 0.25) is 0 Å². The van der Waals surface area contributed by atoms with Crippen LogP contribution in [0.15, 0.2) is 66.7 Å². The van der Waals surface area contributed by atoms with E-state index in [1.165, 1.54) is 35.4 Å². The molecule has 0 unspecified atom stereocenters. The molecule has 0 atom stereocenters. The Balaban J connectivity index is 1.31. The van der Waals surface area contributed by atoms with Crippen molar-refractivity contribution < 1.29 is 24.2 Å². The third kappa shape index (κ3) is 4.60. The van der Waals surface area contributed by atoms with Crippen LogP contribution in [-0.2, 0) is 4.74 Å². The summed E-state index contributed by atoms with van der Waals surface area (Å²) in [5.74, 6) is 0.209. The first kappa shape index (κ1) is 22.1. The minimum atomic E-state index is -0.483. The number of aldehydes is 1. The maximum absolute atomic E-state index is 12.2. The van der Waals surface area contributed by atoms with Gasteiger partial charge in [0, 0.05) is 23.6 Å². The maximum Gasteiger partial charge on any atom is 0.407 e. The molecule has 0 aromatic heterocycles. The van der Waals surface area contributed by atoms with Crippen molar-refractivity contribution in [2.75, 3.05) is 20.3 Å². The summed E-state index contributed by atoms with van der Waals surface area (Å²) in [6, 6.07) is 19.5. The smallest absolute Gasteiger partial charge is 0.407 e. The topological polar surface area (TPSA) is 84.9 Å². The van der Waals surface area contributed by atoms with Crippen molar-refractivity contribution in [3.8, 4) is 22.6 Å². The lowest BCUT2D eigenvalue weighted by Crippen LogP contribution is -2.26. The number of hydrogen-bond donors (Lipinski definition) is 2. The molecule has 3 aromatic carbocycles. The van der Waals surface area contributed by atoms with Crippen molar-refractivity contribution in [3.63, 3.8) is 0 Å². The van der Waals surface area contributed by atoms with Crippen LogP contribution in [0.5, 0.6) is 11.5 Å². The SMILES string of the molecule is COc1ccc(C=O)c(C=CCCNC(=O)OCC2c3ccccc3-c3ccccc32)c1O. The Morgan fingerprint density at radius 3 is 2.33 bits per heavy atom. The van der Waals surface area contributed by atoms with Crippen LogP contribution in [0.4, 0.5) is 4.79 Å². The molecule has 4 rings (SSSR count). The Hall–Kier alpha value is -4.06. The average molecular weight is 443 g/mol. The molecule has 0 spiro atoms. The molecule has 3 aromatic rings. The summed E-state index contributed by atoms with van der Waals surface area (Å²) >= 11 is 0. The molecule has 0 radical (unpaired) electrons. The number of rotatable bonds is 8. The van der Waals surface area contributed by atoms with Gasteiger partial charge in [-0.1, -0.05) is 60.7 Å². The van der Waals surface area contributed by atoms with Gasteiger partial charge in [-0.2, -0.15) is 0 Å². The molecule has 1 amide bonds. The van der Waals surface area contributed by atoms with Crippen molar-refractivity contribution in [2.24, 2.45) is 0 Å². The molecule has 2 N–H and O–H groups in total. The van der Waals surface area contributed by atoms with E-state index in [2.05, 4.69) is 29.6 Å². The zero-order chi connectivity index (χ0) is 23.2. The molecular formula is C27H25NO5. The van der Waals surface area contributed by atoms with Gasteiger partial charge in [0.15, 0.2) is 17.8 Å². The van der Waals surface area contributed by atoms with Crippen LogP contribution in [0, 0.1) is 0 Å². The highest BCUT2D eigenvalue weighted by Gasteiger charge is 2.28. The number of phenols is 1. The van der Waals surface area contributed by atoms with E-state index >= 15 is 0 Å². The third-order valence-electron chi connectivity index (χ3n) is 5.77. The quantitative estimate of drug-likeness (QED) is 0.371. The maximum atomic E-state index is 12.2. The largest absolute Gasteiger partial charge is 0.504 e. The van der Waals surface area contributed by atoms with Gasteiger partial charge in [0.05, 0.1) is 7.11 Å². The van der Waals surface area contributed by atoms with E-state index in [0.717, 1.165) is 0 Å². The summed E-state index contributed by atoms with van der Waals surface area (Å²) in [4.78, 5) is 23.5. The minimum absolute atomic E-state index is 0.0147. The summed E-state index contributed by atoms with van der Waals surface area (Å²) in [5, 5.41) is 13.0. The Bertz CT molecular complexity index is 1160. The number of carbonyl (C=O) groups is 2. The van der Waals surface area contributed by atoms with Crippen molar-refractivity contribution in [1.29, 1.82) is 0 Å². The minimum Gasteiger partial charge on any atom is -0.504 e. The van der Waals surface area contributed by atoms with Gasteiger partial charge in [-0.05, 0) is 40.8 Å². The molecule has 33 heavy (non-hydrogen) atoms. The summed E-state index contributed by atoms with van der Waals surface area (Å²) in [5.41, 5.74) is 5.43. The van der Waals surface area contributed by atoms with Crippen LogP contribution >= 0.6 is 0 Å². The summed E-state index contributed by atoms with van der Waals surface area (Å²) in [6.07, 6.45) is 4.10. The van der Waals surface area contributed by atoms with Crippen molar-refractivity contribution in [2.45, 2.75) is 12.3 Å². The van der Waals surface area contributed by atoms with E-state index in [0.29, 0.717) is 30.4 Å². The molecule has 0 aliphatic heterocycles. The predicted molar refractivity (Wildman–Crippen MR) is 127 cm³/mol. The van der Waals surface area contributed by atoms with Crippen LogP contribution in [0.2, 0.25) is 0 Å². The van der Waals surface area contributed by atoms with Crippen LogP contribution in [0.3, 0.4) is 0 Å². The number of fused-ring (bicyclic) bond motifs is 3. The van der Waals surface area contributed by atoms with E-state index in [-0.39, 0.29) is 24.0 Å². The normalized spacial score (nSPS) is 12.3. The lowest BCUT2D eigenvalue weighted by molar-refractivity contribution is 0.112. The lowest BCUT2D eigenvalue weighted by Gasteiger charge is -2.14. The second kappa shape index (κ2) is 10.0. The fourth-order valence-electron chi connectivity index (χ4n) is 4.15. The standard InChI is InChI=1S/C27H25NO5/c1-32-25-14-13-18(16-29)19(26(25)30)8-6-7-15-28-27(31)33-17-24-22-11-4-2-9-20(22)21-10-3-5-12-23(21)24/h2-6,8-14,16,24,30H,7,15,17H2,1H3,(H,28,31). The predicted octanol–water partition coefficient (Wildman–Crippen LogP) is 5.16. The molecule has 6 nitrogen and oxygen atoms in total. The first-order valence-corrected chi connectivity index (χ1v) is 10.7. The number of hydrogen-bond acceptors (Lipinski definition) is 5. The Morgan fingerprint density at radius 1 is 1.03 bits per heavy atom. The van der Waals surface area contributed by atoms with Gasteiger partial charge in [-0.15, -0.1) is 0 Å². The zero-order valence-corrected chi connectivity index (χ0v) is 18.3. The number of carbonyl (C=O) groups excluding carboxylic acids is 2. The molecule has 0 saturated heterocycles. The van der Waals surface area contributed by atoms with Crippen LogP contribution in [-0.4, -0.2) is 37.7 Å². The molecule has 0 fully saturated rings. The molecule has 0 saturated carbocycles. The summed E-state index contributed by atoms with van der Waals surface area (Å²) in [6.45, 7) is 0.615. The van der Waals surface area contributed by atoms with Crippen LogP contribution < -0.4 is 10.1 Å². The molecule has 1 aliphatic rings. The van der Waals surface area contributed by atoms with Gasteiger partial charge in [0.1, 0.15) is 6.61 Å². The molecule has 168 valence electrons.